The lowest BCUT2D eigenvalue weighted by Gasteiger charge is -2.35. The van der Waals surface area contributed by atoms with Gasteiger partial charge in [-0.1, -0.05) is 27.2 Å². The largest absolute Gasteiger partial charge is 0.283 e. The van der Waals surface area contributed by atoms with Gasteiger partial charge < -0.3 is 0 Å². The fourth-order valence-corrected chi connectivity index (χ4v) is 3.01. The second kappa shape index (κ2) is 6.58. The Labute approximate surface area is 101 Å². The Kier molecular flexibility index (Phi) is 5.73. The number of hydrogen-bond donors (Lipinski definition) is 1. The van der Waals surface area contributed by atoms with Gasteiger partial charge in [0, 0.05) is 12.6 Å². The maximum Gasteiger partial charge on any atom is 0.0786 e. The van der Waals surface area contributed by atoms with E-state index in [4.69, 9.17) is 0 Å². The van der Waals surface area contributed by atoms with Gasteiger partial charge in [0.15, 0.2) is 0 Å². The molecule has 0 amide bonds. The lowest BCUT2D eigenvalue weighted by atomic mass is 10.0. The standard InChI is InChI=1S/C13H29N3/c1-6-8-11(3)13-15(9-7-2)12(4)10-16(13)14-5/h11-14H,6-10H2,1-5H3/t11?,12-,13?/m0/s1. The molecule has 0 saturated carbocycles. The second-order valence-corrected chi connectivity index (χ2v) is 5.14. The van der Waals surface area contributed by atoms with Gasteiger partial charge in [0.05, 0.1) is 6.17 Å². The first-order chi connectivity index (χ1) is 7.65. The van der Waals surface area contributed by atoms with Gasteiger partial charge in [-0.2, -0.15) is 0 Å². The molecule has 0 radical (unpaired) electrons. The predicted octanol–water partition coefficient (Wildman–Crippen LogP) is 2.30. The predicted molar refractivity (Wildman–Crippen MR) is 70.1 cm³/mol. The molecule has 1 aliphatic heterocycles. The van der Waals surface area contributed by atoms with Gasteiger partial charge in [0.2, 0.25) is 0 Å². The molecule has 1 heterocycles. The zero-order chi connectivity index (χ0) is 12.1. The third-order valence-corrected chi connectivity index (χ3v) is 3.71. The van der Waals surface area contributed by atoms with E-state index < -0.39 is 0 Å². The Hall–Kier alpha value is -0.120. The van der Waals surface area contributed by atoms with Gasteiger partial charge in [-0.3, -0.25) is 10.3 Å². The number of nitrogens with one attached hydrogen (secondary N) is 1. The van der Waals surface area contributed by atoms with Crippen molar-refractivity contribution in [2.24, 2.45) is 5.92 Å². The number of hydrogen-bond acceptors (Lipinski definition) is 3. The van der Waals surface area contributed by atoms with E-state index in [1.807, 2.05) is 7.05 Å². The molecule has 0 spiro atoms. The van der Waals surface area contributed by atoms with Gasteiger partial charge >= 0.3 is 0 Å². The van der Waals surface area contributed by atoms with E-state index in [1.165, 1.54) is 25.8 Å². The number of nitrogens with zero attached hydrogens (tertiary/aromatic N) is 2. The smallest absolute Gasteiger partial charge is 0.0786 e. The summed E-state index contributed by atoms with van der Waals surface area (Å²) in [5.74, 6) is 0.744. The molecule has 1 aliphatic rings. The van der Waals surface area contributed by atoms with E-state index in [0.29, 0.717) is 12.2 Å². The van der Waals surface area contributed by atoms with Crippen molar-refractivity contribution in [3.05, 3.63) is 0 Å². The lowest BCUT2D eigenvalue weighted by Crippen LogP contribution is -2.49. The molecular formula is C13H29N3. The molecule has 3 heteroatoms. The van der Waals surface area contributed by atoms with Crippen LogP contribution in [0, 0.1) is 5.92 Å². The van der Waals surface area contributed by atoms with Gasteiger partial charge in [0.25, 0.3) is 0 Å². The molecule has 1 saturated heterocycles. The maximum atomic E-state index is 3.36. The Morgan fingerprint density at radius 1 is 1.31 bits per heavy atom. The molecule has 1 N–H and O–H groups in total. The molecule has 2 unspecified atom stereocenters. The first-order valence-electron chi connectivity index (χ1n) is 6.85. The molecular weight excluding hydrogens is 198 g/mol. The highest BCUT2D eigenvalue weighted by Gasteiger charge is 2.38. The van der Waals surface area contributed by atoms with Crippen LogP contribution in [0.3, 0.4) is 0 Å². The first-order valence-corrected chi connectivity index (χ1v) is 6.85. The molecule has 0 aliphatic carbocycles. The zero-order valence-corrected chi connectivity index (χ0v) is 11.7. The van der Waals surface area contributed by atoms with E-state index in [2.05, 4.69) is 43.0 Å². The van der Waals surface area contributed by atoms with Crippen molar-refractivity contribution in [3.8, 4) is 0 Å². The molecule has 96 valence electrons. The quantitative estimate of drug-likeness (QED) is 0.751. The number of hydrazine groups is 1. The van der Waals surface area contributed by atoms with Crippen LogP contribution in [-0.2, 0) is 0 Å². The SMILES string of the molecule is CCCC(C)C1N(NC)C[C@H](C)N1CCC. The Morgan fingerprint density at radius 2 is 2.00 bits per heavy atom. The van der Waals surface area contributed by atoms with Crippen LogP contribution in [0.2, 0.25) is 0 Å². The second-order valence-electron chi connectivity index (χ2n) is 5.14. The summed E-state index contributed by atoms with van der Waals surface area (Å²) in [5.41, 5.74) is 3.36. The van der Waals surface area contributed by atoms with Gasteiger partial charge in [0.1, 0.15) is 0 Å². The van der Waals surface area contributed by atoms with Gasteiger partial charge in [-0.05, 0) is 39.3 Å². The minimum Gasteiger partial charge on any atom is -0.283 e. The summed E-state index contributed by atoms with van der Waals surface area (Å²) in [4.78, 5) is 2.66. The fourth-order valence-electron chi connectivity index (χ4n) is 3.01. The molecule has 16 heavy (non-hydrogen) atoms. The van der Waals surface area contributed by atoms with Crippen LogP contribution < -0.4 is 5.43 Å². The summed E-state index contributed by atoms with van der Waals surface area (Å²) < 4.78 is 0. The summed E-state index contributed by atoms with van der Waals surface area (Å²) in [5, 5.41) is 2.42. The van der Waals surface area contributed by atoms with Crippen molar-refractivity contribution < 1.29 is 0 Å². The van der Waals surface area contributed by atoms with Crippen LogP contribution in [0.15, 0.2) is 0 Å². The lowest BCUT2D eigenvalue weighted by molar-refractivity contribution is 0.0457. The number of rotatable bonds is 6. The molecule has 0 aromatic carbocycles. The molecule has 1 rings (SSSR count). The third-order valence-electron chi connectivity index (χ3n) is 3.71. The van der Waals surface area contributed by atoms with Crippen molar-refractivity contribution >= 4 is 0 Å². The Bertz CT molecular complexity index is 196. The van der Waals surface area contributed by atoms with Crippen LogP contribution in [0.4, 0.5) is 0 Å². The van der Waals surface area contributed by atoms with Crippen molar-refractivity contribution in [1.29, 1.82) is 0 Å². The molecule has 0 bridgehead atoms. The normalized spacial score (nSPS) is 29.8. The summed E-state index contributed by atoms with van der Waals surface area (Å²) in [6.45, 7) is 11.7. The van der Waals surface area contributed by atoms with E-state index in [1.54, 1.807) is 0 Å². The van der Waals surface area contributed by atoms with Crippen molar-refractivity contribution in [2.75, 3.05) is 20.1 Å². The zero-order valence-electron chi connectivity index (χ0n) is 11.7. The van der Waals surface area contributed by atoms with Gasteiger partial charge in [-0.25, -0.2) is 5.01 Å². The highest BCUT2D eigenvalue weighted by atomic mass is 15.6. The molecule has 3 atom stereocenters. The minimum atomic E-state index is 0.583. The van der Waals surface area contributed by atoms with Crippen molar-refractivity contribution in [1.82, 2.24) is 15.3 Å². The molecule has 0 aromatic heterocycles. The molecule has 0 aromatic rings. The Balaban J connectivity index is 2.71. The Morgan fingerprint density at radius 3 is 2.50 bits per heavy atom. The summed E-state index contributed by atoms with van der Waals surface area (Å²) in [6, 6.07) is 0.678. The van der Waals surface area contributed by atoms with Crippen LogP contribution in [0.1, 0.15) is 47.0 Å². The van der Waals surface area contributed by atoms with Crippen molar-refractivity contribution in [2.45, 2.75) is 59.2 Å². The van der Waals surface area contributed by atoms with E-state index >= 15 is 0 Å². The fraction of sp³-hybridized carbons (Fsp3) is 1.00. The average molecular weight is 227 g/mol. The van der Waals surface area contributed by atoms with E-state index in [-0.39, 0.29) is 0 Å². The van der Waals surface area contributed by atoms with Gasteiger partial charge in [-0.15, -0.1) is 0 Å². The van der Waals surface area contributed by atoms with Crippen LogP contribution in [-0.4, -0.2) is 42.3 Å². The highest BCUT2D eigenvalue weighted by Crippen LogP contribution is 2.27. The van der Waals surface area contributed by atoms with Crippen LogP contribution in [0.25, 0.3) is 0 Å². The topological polar surface area (TPSA) is 18.5 Å². The first kappa shape index (κ1) is 13.9. The summed E-state index contributed by atoms with van der Waals surface area (Å²) >= 11 is 0. The van der Waals surface area contributed by atoms with Crippen LogP contribution in [0.5, 0.6) is 0 Å². The summed E-state index contributed by atoms with van der Waals surface area (Å²) in [6.07, 6.45) is 4.43. The molecule has 1 fully saturated rings. The molecule has 3 nitrogen and oxygen atoms in total. The van der Waals surface area contributed by atoms with Crippen LogP contribution >= 0.6 is 0 Å². The maximum absolute atomic E-state index is 3.36. The van der Waals surface area contributed by atoms with E-state index in [9.17, 15) is 0 Å². The summed E-state index contributed by atoms with van der Waals surface area (Å²) in [7, 11) is 2.05. The van der Waals surface area contributed by atoms with Crippen molar-refractivity contribution in [3.63, 3.8) is 0 Å². The average Bonchev–Trinajstić information content (AvgIpc) is 2.57. The highest BCUT2D eigenvalue weighted by molar-refractivity contribution is 4.88. The monoisotopic (exact) mass is 227 g/mol. The minimum absolute atomic E-state index is 0.583. The van der Waals surface area contributed by atoms with E-state index in [0.717, 1.165) is 12.5 Å². The third kappa shape index (κ3) is 2.96.